The van der Waals surface area contributed by atoms with Gasteiger partial charge in [0.15, 0.2) is 5.82 Å². The molecule has 3 aromatic heterocycles. The van der Waals surface area contributed by atoms with E-state index in [-0.39, 0.29) is 30.4 Å². The normalized spacial score (nSPS) is 17.2. The van der Waals surface area contributed by atoms with Gasteiger partial charge in [-0.05, 0) is 48.4 Å². The largest absolute Gasteiger partial charge is 0.479 e. The molecule has 0 aliphatic carbocycles. The van der Waals surface area contributed by atoms with Gasteiger partial charge in [-0.25, -0.2) is 19.0 Å². The van der Waals surface area contributed by atoms with E-state index in [0.717, 1.165) is 11.3 Å². The first kappa shape index (κ1) is 28.5. The lowest BCUT2D eigenvalue weighted by Crippen LogP contribution is -2.24. The van der Waals surface area contributed by atoms with Gasteiger partial charge in [0.2, 0.25) is 11.8 Å². The van der Waals surface area contributed by atoms with Crippen LogP contribution in [0, 0.1) is 24.6 Å². The Morgan fingerprint density at radius 3 is 2.63 bits per heavy atom. The topological polar surface area (TPSA) is 91.6 Å². The molecule has 4 heterocycles. The third kappa shape index (κ3) is 6.32. The van der Waals surface area contributed by atoms with Crippen LogP contribution in [0.25, 0.3) is 16.9 Å². The number of hydroxylamine groups is 2. The molecule has 0 amide bonds. The van der Waals surface area contributed by atoms with E-state index in [1.54, 1.807) is 22.9 Å². The Morgan fingerprint density at radius 1 is 1.12 bits per heavy atom. The standard InChI is InChI=1S/C30H31F2N5O4/c1-19-26(37(23-7-5-4-6-8-23)35-28(19)21-14-25(31)30(40-3)34-17-21)16-24(38)13-22-18-36(11-12-39-2)41-29(22)20-9-10-33-27(32)15-20/h4-10,14-15,17,22,29H,11-13,16,18H2,1-3H3/t22-,29+/m1/s1. The molecule has 9 nitrogen and oxygen atoms in total. The monoisotopic (exact) mass is 563 g/mol. The van der Waals surface area contributed by atoms with Crippen LogP contribution in [0.15, 0.2) is 60.9 Å². The maximum Gasteiger partial charge on any atom is 0.250 e. The van der Waals surface area contributed by atoms with Gasteiger partial charge in [-0.1, -0.05) is 18.2 Å². The van der Waals surface area contributed by atoms with E-state index in [4.69, 9.17) is 19.4 Å². The Kier molecular flexibility index (Phi) is 8.77. The summed E-state index contributed by atoms with van der Waals surface area (Å²) in [5, 5.41) is 6.53. The van der Waals surface area contributed by atoms with E-state index in [1.807, 2.05) is 37.3 Å². The lowest BCUT2D eigenvalue weighted by atomic mass is 9.91. The molecule has 1 aliphatic rings. The molecule has 1 saturated heterocycles. The minimum absolute atomic E-state index is 0.0301. The summed E-state index contributed by atoms with van der Waals surface area (Å²) in [5.74, 6) is -1.56. The third-order valence-electron chi connectivity index (χ3n) is 7.13. The lowest BCUT2D eigenvalue weighted by molar-refractivity contribution is -0.155. The van der Waals surface area contributed by atoms with E-state index in [2.05, 4.69) is 9.97 Å². The van der Waals surface area contributed by atoms with Crippen LogP contribution in [0.2, 0.25) is 0 Å². The Morgan fingerprint density at radius 2 is 1.93 bits per heavy atom. The Hall–Kier alpha value is -4.06. The minimum Gasteiger partial charge on any atom is -0.479 e. The molecular weight excluding hydrogens is 532 g/mol. The summed E-state index contributed by atoms with van der Waals surface area (Å²) in [6.07, 6.45) is 2.68. The number of hydrogen-bond donors (Lipinski definition) is 0. The molecule has 0 spiro atoms. The Balaban J connectivity index is 1.44. The zero-order valence-electron chi connectivity index (χ0n) is 23.1. The number of ketones is 1. The van der Waals surface area contributed by atoms with Crippen molar-refractivity contribution in [3.05, 3.63) is 89.5 Å². The highest BCUT2D eigenvalue weighted by Crippen LogP contribution is 2.37. The number of carbonyl (C=O) groups is 1. The number of benzene rings is 1. The van der Waals surface area contributed by atoms with Crippen LogP contribution in [0.1, 0.15) is 29.3 Å². The van der Waals surface area contributed by atoms with Crippen molar-refractivity contribution in [1.82, 2.24) is 24.8 Å². The molecule has 1 fully saturated rings. The van der Waals surface area contributed by atoms with Crippen molar-refractivity contribution >= 4 is 5.78 Å². The maximum absolute atomic E-state index is 14.5. The summed E-state index contributed by atoms with van der Waals surface area (Å²) in [4.78, 5) is 27.5. The molecule has 0 radical (unpaired) electrons. The molecule has 0 saturated carbocycles. The van der Waals surface area contributed by atoms with Crippen molar-refractivity contribution in [3.63, 3.8) is 0 Å². The molecule has 41 heavy (non-hydrogen) atoms. The third-order valence-corrected chi connectivity index (χ3v) is 7.13. The predicted molar refractivity (Wildman–Crippen MR) is 146 cm³/mol. The van der Waals surface area contributed by atoms with Gasteiger partial charge in [-0.15, -0.1) is 0 Å². The summed E-state index contributed by atoms with van der Waals surface area (Å²) >= 11 is 0. The average Bonchev–Trinajstić information content (AvgIpc) is 3.52. The average molecular weight is 564 g/mol. The molecule has 4 aromatic rings. The fraction of sp³-hybridized carbons (Fsp3) is 0.333. The number of aromatic nitrogens is 4. The van der Waals surface area contributed by atoms with E-state index in [9.17, 15) is 13.6 Å². The smallest absolute Gasteiger partial charge is 0.250 e. The molecular formula is C30H31F2N5O4. The molecule has 5 rings (SSSR count). The maximum atomic E-state index is 14.5. The number of carbonyl (C=O) groups excluding carboxylic acids is 1. The Labute approximate surface area is 236 Å². The SMILES string of the molecule is COCCN1C[C@@H](CC(=O)Cc2c(C)c(-c3cnc(OC)c(F)c3)nn2-c2ccccc2)[C@H](c2ccnc(F)c2)O1. The van der Waals surface area contributed by atoms with Crippen LogP contribution < -0.4 is 4.74 Å². The number of nitrogens with zero attached hydrogens (tertiary/aromatic N) is 5. The number of ether oxygens (including phenoxy) is 2. The molecule has 214 valence electrons. The van der Waals surface area contributed by atoms with Crippen molar-refractivity contribution in [3.8, 4) is 22.8 Å². The first-order valence-corrected chi connectivity index (χ1v) is 13.3. The molecule has 0 unspecified atom stereocenters. The number of Topliss-reactive ketones (excluding diaryl/α,β-unsaturated/α-hetero) is 1. The molecule has 2 atom stereocenters. The second-order valence-corrected chi connectivity index (χ2v) is 9.88. The van der Waals surface area contributed by atoms with Crippen molar-refractivity contribution in [2.75, 3.05) is 33.9 Å². The van der Waals surface area contributed by atoms with Gasteiger partial charge in [0, 0.05) is 56.9 Å². The molecule has 0 N–H and O–H groups in total. The minimum atomic E-state index is -0.606. The van der Waals surface area contributed by atoms with Gasteiger partial charge in [-0.3, -0.25) is 9.63 Å². The summed E-state index contributed by atoms with van der Waals surface area (Å²) in [6.45, 7) is 3.32. The quantitative estimate of drug-likeness (QED) is 0.243. The van der Waals surface area contributed by atoms with Crippen molar-refractivity contribution < 1.29 is 27.9 Å². The van der Waals surface area contributed by atoms with Crippen LogP contribution in [-0.2, 0) is 20.8 Å². The van der Waals surface area contributed by atoms with E-state index < -0.39 is 17.9 Å². The van der Waals surface area contributed by atoms with Crippen molar-refractivity contribution in [2.24, 2.45) is 5.92 Å². The van der Waals surface area contributed by atoms with E-state index in [0.29, 0.717) is 42.2 Å². The van der Waals surface area contributed by atoms with Gasteiger partial charge >= 0.3 is 0 Å². The first-order chi connectivity index (χ1) is 19.9. The lowest BCUT2D eigenvalue weighted by Gasteiger charge is -2.17. The van der Waals surface area contributed by atoms with Gasteiger partial charge in [0.25, 0.3) is 0 Å². The second kappa shape index (κ2) is 12.6. The first-order valence-electron chi connectivity index (χ1n) is 13.3. The van der Waals surface area contributed by atoms with Crippen LogP contribution in [0.5, 0.6) is 5.88 Å². The highest BCUT2D eigenvalue weighted by Gasteiger charge is 2.37. The fourth-order valence-corrected chi connectivity index (χ4v) is 5.13. The molecule has 11 heteroatoms. The second-order valence-electron chi connectivity index (χ2n) is 9.88. The van der Waals surface area contributed by atoms with Crippen molar-refractivity contribution in [2.45, 2.75) is 25.9 Å². The summed E-state index contributed by atoms with van der Waals surface area (Å²) in [5.41, 5.74) is 3.82. The van der Waals surface area contributed by atoms with Gasteiger partial charge in [0.1, 0.15) is 11.9 Å². The molecule has 0 bridgehead atoms. The van der Waals surface area contributed by atoms with Crippen LogP contribution in [0.3, 0.4) is 0 Å². The zero-order chi connectivity index (χ0) is 28.9. The highest BCUT2D eigenvalue weighted by atomic mass is 19.1. The molecule has 1 aromatic carbocycles. The number of methoxy groups -OCH3 is 2. The number of hydrogen-bond acceptors (Lipinski definition) is 8. The summed E-state index contributed by atoms with van der Waals surface area (Å²) in [6, 6.07) is 13.8. The van der Waals surface area contributed by atoms with Gasteiger partial charge < -0.3 is 9.47 Å². The summed E-state index contributed by atoms with van der Waals surface area (Å²) in [7, 11) is 2.96. The number of halogens is 2. The van der Waals surface area contributed by atoms with E-state index in [1.165, 1.54) is 31.6 Å². The fourth-order valence-electron chi connectivity index (χ4n) is 5.13. The van der Waals surface area contributed by atoms with Crippen LogP contribution >= 0.6 is 0 Å². The molecule has 1 aliphatic heterocycles. The number of pyridine rings is 2. The Bertz CT molecular complexity index is 1510. The van der Waals surface area contributed by atoms with Gasteiger partial charge in [-0.2, -0.15) is 14.6 Å². The van der Waals surface area contributed by atoms with Gasteiger partial charge in [0.05, 0.1) is 30.8 Å². The van der Waals surface area contributed by atoms with E-state index >= 15 is 0 Å². The van der Waals surface area contributed by atoms with Crippen molar-refractivity contribution in [1.29, 1.82) is 0 Å². The van der Waals surface area contributed by atoms with Crippen LogP contribution in [-0.4, -0.2) is 64.5 Å². The summed E-state index contributed by atoms with van der Waals surface area (Å²) < 4.78 is 40.3. The zero-order valence-corrected chi connectivity index (χ0v) is 23.1. The predicted octanol–water partition coefficient (Wildman–Crippen LogP) is 4.68. The number of para-hydroxylation sites is 1. The highest BCUT2D eigenvalue weighted by molar-refractivity contribution is 5.82. The van der Waals surface area contributed by atoms with Crippen LogP contribution in [0.4, 0.5) is 8.78 Å². The number of rotatable bonds is 11.